The van der Waals surface area contributed by atoms with Gasteiger partial charge in [0.15, 0.2) is 0 Å². The lowest BCUT2D eigenvalue weighted by Gasteiger charge is -2.31. The van der Waals surface area contributed by atoms with Crippen molar-refractivity contribution in [2.45, 2.75) is 65.2 Å². The summed E-state index contributed by atoms with van der Waals surface area (Å²) in [6.07, 6.45) is 0.898. The van der Waals surface area contributed by atoms with Crippen molar-refractivity contribution in [2.75, 3.05) is 13.2 Å². The first kappa shape index (κ1) is 26.2. The number of nitriles is 1. The maximum absolute atomic E-state index is 12.9. The molecule has 3 aromatic rings. The second-order valence-electron chi connectivity index (χ2n) is 10.2. The third-order valence-corrected chi connectivity index (χ3v) is 5.96. The summed E-state index contributed by atoms with van der Waals surface area (Å²) in [6.45, 7) is 9.28. The molecular weight excluding hydrogens is 472 g/mol. The van der Waals surface area contributed by atoms with Crippen LogP contribution in [0.4, 0.5) is 4.79 Å². The number of aliphatic hydroxyl groups is 1. The lowest BCUT2D eigenvalue weighted by atomic mass is 10.0. The van der Waals surface area contributed by atoms with E-state index in [1.807, 2.05) is 52.8 Å². The van der Waals surface area contributed by atoms with E-state index in [0.29, 0.717) is 41.4 Å². The van der Waals surface area contributed by atoms with Gasteiger partial charge in [0.05, 0.1) is 24.3 Å². The predicted octanol–water partition coefficient (Wildman–Crippen LogP) is 5.28. The van der Waals surface area contributed by atoms with Gasteiger partial charge >= 0.3 is 6.09 Å². The van der Waals surface area contributed by atoms with Crippen LogP contribution in [0.15, 0.2) is 40.9 Å². The molecule has 0 fully saturated rings. The molecule has 0 saturated carbocycles. The molecule has 0 saturated heterocycles. The molecule has 0 radical (unpaired) electrons. The van der Waals surface area contributed by atoms with Crippen molar-refractivity contribution in [3.63, 3.8) is 0 Å². The van der Waals surface area contributed by atoms with E-state index in [9.17, 15) is 15.2 Å². The zero-order valence-corrected chi connectivity index (χ0v) is 21.8. The Labute approximate surface area is 216 Å². The van der Waals surface area contributed by atoms with E-state index in [2.05, 4.69) is 16.2 Å². The highest BCUT2D eigenvalue weighted by Gasteiger charge is 2.35. The Kier molecular flexibility index (Phi) is 7.50. The molecule has 4 rings (SSSR count). The quantitative estimate of drug-likeness (QED) is 0.461. The van der Waals surface area contributed by atoms with Crippen molar-refractivity contribution in [3.8, 4) is 34.7 Å². The van der Waals surface area contributed by atoms with Gasteiger partial charge in [-0.15, -0.1) is 0 Å². The number of aromatic nitrogens is 2. The zero-order valence-electron chi connectivity index (χ0n) is 21.8. The minimum atomic E-state index is -0.639. The van der Waals surface area contributed by atoms with Gasteiger partial charge in [0.25, 0.3) is 5.89 Å². The van der Waals surface area contributed by atoms with Crippen LogP contribution >= 0.6 is 0 Å². The fourth-order valence-electron chi connectivity index (χ4n) is 4.53. The van der Waals surface area contributed by atoms with E-state index in [4.69, 9.17) is 14.0 Å². The molecule has 0 unspecified atom stereocenters. The monoisotopic (exact) mass is 504 g/mol. The van der Waals surface area contributed by atoms with E-state index >= 15 is 0 Å². The minimum absolute atomic E-state index is 0.0550. The number of hydrogen-bond acceptors (Lipinski definition) is 8. The van der Waals surface area contributed by atoms with Crippen LogP contribution in [0.2, 0.25) is 0 Å². The third-order valence-electron chi connectivity index (χ3n) is 5.96. The number of amides is 1. The minimum Gasteiger partial charge on any atom is -0.490 e. The maximum Gasteiger partial charge on any atom is 0.410 e. The van der Waals surface area contributed by atoms with Crippen LogP contribution in [-0.4, -0.2) is 51.1 Å². The Morgan fingerprint density at radius 2 is 2.08 bits per heavy atom. The molecule has 1 aliphatic rings. The highest BCUT2D eigenvalue weighted by atomic mass is 16.6. The highest BCUT2D eigenvalue weighted by Crippen LogP contribution is 2.41. The molecule has 2 aromatic carbocycles. The first-order valence-corrected chi connectivity index (χ1v) is 12.4. The standard InChI is InChI=1S/C28H32N4O5/c1-17(2)35-24-12-9-18(15-19(24)16-29)26-30-25(31-37-26)22-8-6-7-21-20(22)10-11-23(21)32(13-14-33)27(34)36-28(3,4)5/h6-9,12,15,17,23,33H,10-11,13-14H2,1-5H3/t23-/m0/s1. The second kappa shape index (κ2) is 10.6. The molecule has 1 N–H and O–H groups in total. The molecule has 37 heavy (non-hydrogen) atoms. The molecule has 194 valence electrons. The van der Waals surface area contributed by atoms with E-state index in [0.717, 1.165) is 16.7 Å². The van der Waals surface area contributed by atoms with Crippen LogP contribution in [0.1, 0.15) is 63.8 Å². The summed E-state index contributed by atoms with van der Waals surface area (Å²) >= 11 is 0. The van der Waals surface area contributed by atoms with E-state index in [-0.39, 0.29) is 25.3 Å². The van der Waals surface area contributed by atoms with Gasteiger partial charge in [-0.3, -0.25) is 4.90 Å². The molecular formula is C28H32N4O5. The van der Waals surface area contributed by atoms with E-state index in [1.54, 1.807) is 23.1 Å². The number of aliphatic hydroxyl groups excluding tert-OH is 1. The van der Waals surface area contributed by atoms with E-state index < -0.39 is 11.7 Å². The lowest BCUT2D eigenvalue weighted by Crippen LogP contribution is -2.40. The third kappa shape index (κ3) is 5.75. The number of carbonyl (C=O) groups excluding carboxylic acids is 1. The fourth-order valence-corrected chi connectivity index (χ4v) is 4.53. The Hall–Kier alpha value is -3.90. The Balaban J connectivity index is 1.63. The van der Waals surface area contributed by atoms with Crippen LogP contribution in [0, 0.1) is 11.3 Å². The van der Waals surface area contributed by atoms with Crippen molar-refractivity contribution in [1.82, 2.24) is 15.0 Å². The number of nitrogens with zero attached hydrogens (tertiary/aromatic N) is 4. The molecule has 9 nitrogen and oxygen atoms in total. The highest BCUT2D eigenvalue weighted by molar-refractivity contribution is 5.71. The van der Waals surface area contributed by atoms with Crippen LogP contribution in [0.25, 0.3) is 22.8 Å². The summed E-state index contributed by atoms with van der Waals surface area (Å²) in [4.78, 5) is 19.1. The Bertz CT molecular complexity index is 1320. The van der Waals surface area contributed by atoms with Gasteiger partial charge in [-0.1, -0.05) is 23.4 Å². The van der Waals surface area contributed by atoms with Gasteiger partial charge < -0.3 is 19.1 Å². The molecule has 1 aromatic heterocycles. The molecule has 0 aliphatic heterocycles. The fraction of sp³-hybridized carbons (Fsp3) is 0.429. The van der Waals surface area contributed by atoms with Gasteiger partial charge in [-0.05, 0) is 76.8 Å². The van der Waals surface area contributed by atoms with Gasteiger partial charge in [0.1, 0.15) is 17.4 Å². The molecule has 1 aliphatic carbocycles. The van der Waals surface area contributed by atoms with Crippen molar-refractivity contribution >= 4 is 6.09 Å². The number of carbonyl (C=O) groups is 1. The van der Waals surface area contributed by atoms with Gasteiger partial charge in [0.2, 0.25) is 5.82 Å². The van der Waals surface area contributed by atoms with E-state index in [1.165, 1.54) is 0 Å². The first-order chi connectivity index (χ1) is 17.6. The summed E-state index contributed by atoms with van der Waals surface area (Å²) in [5, 5.41) is 23.4. The SMILES string of the molecule is CC(C)Oc1ccc(-c2nc(-c3cccc4c3CC[C@@H]4N(CCO)C(=O)OC(C)(C)C)no2)cc1C#N. The van der Waals surface area contributed by atoms with Gasteiger partial charge in [0, 0.05) is 17.7 Å². The molecule has 1 heterocycles. The molecule has 1 atom stereocenters. The van der Waals surface area contributed by atoms with Gasteiger partial charge in [-0.2, -0.15) is 10.2 Å². The molecule has 1 amide bonds. The summed E-state index contributed by atoms with van der Waals surface area (Å²) < 4.78 is 16.9. The largest absolute Gasteiger partial charge is 0.490 e. The van der Waals surface area contributed by atoms with Crippen molar-refractivity contribution in [3.05, 3.63) is 53.1 Å². The number of fused-ring (bicyclic) bond motifs is 1. The van der Waals surface area contributed by atoms with Crippen LogP contribution in [0.5, 0.6) is 5.75 Å². The Morgan fingerprint density at radius 3 is 2.76 bits per heavy atom. The van der Waals surface area contributed by atoms with Crippen LogP contribution < -0.4 is 4.74 Å². The smallest absolute Gasteiger partial charge is 0.410 e. The normalized spacial score (nSPS) is 14.8. The zero-order chi connectivity index (χ0) is 26.7. The van der Waals surface area contributed by atoms with Gasteiger partial charge in [-0.25, -0.2) is 4.79 Å². The summed E-state index contributed by atoms with van der Waals surface area (Å²) in [6, 6.07) is 12.9. The number of ether oxygens (including phenoxy) is 2. The molecule has 0 bridgehead atoms. The van der Waals surface area contributed by atoms with Crippen molar-refractivity contribution in [2.24, 2.45) is 0 Å². The number of rotatable bonds is 7. The van der Waals surface area contributed by atoms with Crippen LogP contribution in [-0.2, 0) is 11.2 Å². The first-order valence-electron chi connectivity index (χ1n) is 12.4. The molecule has 0 spiro atoms. The Morgan fingerprint density at radius 1 is 1.30 bits per heavy atom. The van der Waals surface area contributed by atoms with Crippen molar-refractivity contribution in [1.29, 1.82) is 5.26 Å². The lowest BCUT2D eigenvalue weighted by molar-refractivity contribution is 0.0120. The maximum atomic E-state index is 12.9. The summed E-state index contributed by atoms with van der Waals surface area (Å²) in [5.41, 5.74) is 3.20. The average molecular weight is 505 g/mol. The number of benzene rings is 2. The average Bonchev–Trinajstić information content (AvgIpc) is 3.49. The predicted molar refractivity (Wildman–Crippen MR) is 137 cm³/mol. The number of hydrogen-bond donors (Lipinski definition) is 1. The van der Waals surface area contributed by atoms with Crippen molar-refractivity contribution < 1.29 is 23.9 Å². The summed E-state index contributed by atoms with van der Waals surface area (Å²) in [5.74, 6) is 1.23. The second-order valence-corrected chi connectivity index (χ2v) is 10.2. The summed E-state index contributed by atoms with van der Waals surface area (Å²) in [7, 11) is 0. The molecule has 9 heteroatoms. The van der Waals surface area contributed by atoms with Crippen LogP contribution in [0.3, 0.4) is 0 Å². The topological polar surface area (TPSA) is 122 Å².